The molecule has 0 saturated carbocycles. The Bertz CT molecular complexity index is 987. The fourth-order valence-electron chi connectivity index (χ4n) is 4.86. The van der Waals surface area contributed by atoms with Crippen LogP contribution in [0, 0.1) is 0 Å². The lowest BCUT2D eigenvalue weighted by molar-refractivity contribution is 0.485. The first-order valence-corrected chi connectivity index (χ1v) is 9.97. The van der Waals surface area contributed by atoms with Crippen LogP contribution in [0.1, 0.15) is 35.6 Å². The minimum absolute atomic E-state index is 0.0178. The van der Waals surface area contributed by atoms with Crippen molar-refractivity contribution in [2.45, 2.75) is 31.7 Å². The van der Waals surface area contributed by atoms with Crippen LogP contribution in [0.15, 0.2) is 84.9 Å². The van der Waals surface area contributed by atoms with Crippen LogP contribution < -0.4 is 4.90 Å². The van der Waals surface area contributed by atoms with Gasteiger partial charge in [-0.15, -0.1) is 0 Å². The molecule has 1 unspecified atom stereocenters. The summed E-state index contributed by atoms with van der Waals surface area (Å²) in [5.41, 5.74) is 8.43. The number of aryl methyl sites for hydroxylation is 1. The van der Waals surface area contributed by atoms with E-state index in [1.165, 1.54) is 46.4 Å². The van der Waals surface area contributed by atoms with E-state index < -0.39 is 0 Å². The summed E-state index contributed by atoms with van der Waals surface area (Å²) >= 11 is 0. The zero-order valence-corrected chi connectivity index (χ0v) is 15.9. The molecule has 1 heteroatoms. The highest BCUT2D eigenvalue weighted by atomic mass is 15.2. The summed E-state index contributed by atoms with van der Waals surface area (Å²) in [6, 6.07) is 28.7. The number of para-hydroxylation sites is 1. The first-order valence-electron chi connectivity index (χ1n) is 9.97. The van der Waals surface area contributed by atoms with E-state index >= 15 is 0 Å². The molecule has 0 radical (unpaired) electrons. The van der Waals surface area contributed by atoms with Crippen molar-refractivity contribution in [2.75, 3.05) is 11.4 Å². The van der Waals surface area contributed by atoms with Gasteiger partial charge in [0.1, 0.15) is 0 Å². The fourth-order valence-corrected chi connectivity index (χ4v) is 4.86. The molecule has 0 aromatic heterocycles. The zero-order valence-electron chi connectivity index (χ0n) is 15.9. The van der Waals surface area contributed by atoms with Crippen LogP contribution in [0.3, 0.4) is 0 Å². The van der Waals surface area contributed by atoms with Crippen LogP contribution in [0.5, 0.6) is 0 Å². The molecule has 0 spiro atoms. The molecule has 1 nitrogen and oxygen atoms in total. The Morgan fingerprint density at radius 1 is 0.852 bits per heavy atom. The van der Waals surface area contributed by atoms with Crippen molar-refractivity contribution in [3.63, 3.8) is 0 Å². The summed E-state index contributed by atoms with van der Waals surface area (Å²) in [5, 5.41) is 0. The predicted molar refractivity (Wildman–Crippen MR) is 114 cm³/mol. The van der Waals surface area contributed by atoms with Crippen LogP contribution in [-0.2, 0) is 12.8 Å². The average molecular weight is 351 g/mol. The van der Waals surface area contributed by atoms with Crippen molar-refractivity contribution < 1.29 is 0 Å². The molecule has 0 N–H and O–H groups in total. The first-order chi connectivity index (χ1) is 13.2. The zero-order chi connectivity index (χ0) is 18.3. The summed E-state index contributed by atoms with van der Waals surface area (Å²) in [6.45, 7) is 3.54. The van der Waals surface area contributed by atoms with Gasteiger partial charge in [-0.05, 0) is 48.4 Å². The fraction of sp³-hybridized carbons (Fsp3) is 0.231. The molecule has 2 heterocycles. The van der Waals surface area contributed by atoms with E-state index in [0.29, 0.717) is 0 Å². The molecule has 0 bridgehead atoms. The molecule has 1 atom stereocenters. The normalized spacial score (nSPS) is 20.8. The van der Waals surface area contributed by atoms with Gasteiger partial charge in [0.2, 0.25) is 0 Å². The Labute approximate surface area is 162 Å². The van der Waals surface area contributed by atoms with Gasteiger partial charge in [-0.2, -0.15) is 0 Å². The van der Waals surface area contributed by atoms with Crippen LogP contribution in [0.4, 0.5) is 5.69 Å². The molecular weight excluding hydrogens is 326 g/mol. The molecule has 0 fully saturated rings. The molecule has 3 aromatic rings. The maximum atomic E-state index is 2.67. The number of anilines is 1. The Morgan fingerprint density at radius 3 is 2.37 bits per heavy atom. The van der Waals surface area contributed by atoms with Crippen LogP contribution in [0.25, 0.3) is 5.57 Å². The van der Waals surface area contributed by atoms with Gasteiger partial charge in [-0.1, -0.05) is 84.9 Å². The predicted octanol–water partition coefficient (Wildman–Crippen LogP) is 5.89. The second-order valence-electron chi connectivity index (χ2n) is 8.01. The molecular formula is C26H25N. The van der Waals surface area contributed by atoms with Gasteiger partial charge >= 0.3 is 0 Å². The van der Waals surface area contributed by atoms with E-state index in [1.54, 1.807) is 0 Å². The Kier molecular flexibility index (Phi) is 3.89. The number of rotatable bonds is 3. The number of benzene rings is 3. The third-order valence-electron chi connectivity index (χ3n) is 6.07. The maximum absolute atomic E-state index is 2.67. The highest BCUT2D eigenvalue weighted by molar-refractivity contribution is 5.92. The molecule has 0 amide bonds. The van der Waals surface area contributed by atoms with Gasteiger partial charge in [0, 0.05) is 17.8 Å². The van der Waals surface area contributed by atoms with Gasteiger partial charge in [-0.25, -0.2) is 0 Å². The van der Waals surface area contributed by atoms with Gasteiger partial charge in [0.25, 0.3) is 0 Å². The Hall–Kier alpha value is -2.80. The number of hydrogen-bond donors (Lipinski definition) is 0. The van der Waals surface area contributed by atoms with E-state index in [0.717, 1.165) is 13.0 Å². The summed E-state index contributed by atoms with van der Waals surface area (Å²) in [6.07, 6.45) is 5.96. The van der Waals surface area contributed by atoms with Crippen LogP contribution in [0.2, 0.25) is 0 Å². The van der Waals surface area contributed by atoms with E-state index in [-0.39, 0.29) is 5.54 Å². The molecule has 2 aliphatic heterocycles. The summed E-state index contributed by atoms with van der Waals surface area (Å²) in [5.74, 6) is 0. The monoisotopic (exact) mass is 351 g/mol. The quantitative estimate of drug-likeness (QED) is 0.569. The van der Waals surface area contributed by atoms with Gasteiger partial charge in [0.05, 0.1) is 5.54 Å². The third-order valence-corrected chi connectivity index (χ3v) is 6.07. The summed E-state index contributed by atoms with van der Waals surface area (Å²) in [7, 11) is 0. The van der Waals surface area contributed by atoms with Crippen molar-refractivity contribution in [1.82, 2.24) is 0 Å². The molecule has 27 heavy (non-hydrogen) atoms. The molecule has 3 aromatic carbocycles. The maximum Gasteiger partial charge on any atom is 0.0606 e. The minimum atomic E-state index is -0.0178. The Morgan fingerprint density at radius 2 is 1.59 bits per heavy atom. The first kappa shape index (κ1) is 16.4. The SMILES string of the molecule is CC1(Cc2ccccc2)C=C(c2ccccc2)c2cccc3c2N1CCC3. The van der Waals surface area contributed by atoms with E-state index in [2.05, 4.69) is 96.8 Å². The van der Waals surface area contributed by atoms with E-state index in [4.69, 9.17) is 0 Å². The van der Waals surface area contributed by atoms with E-state index in [1.807, 2.05) is 0 Å². The average Bonchev–Trinajstić information content (AvgIpc) is 2.72. The third kappa shape index (κ3) is 2.78. The number of nitrogens with zero attached hydrogens (tertiary/aromatic N) is 1. The molecule has 0 aliphatic carbocycles. The summed E-state index contributed by atoms with van der Waals surface area (Å²) < 4.78 is 0. The van der Waals surface area contributed by atoms with Gasteiger partial charge in [-0.3, -0.25) is 0 Å². The molecule has 2 aliphatic rings. The lowest BCUT2D eigenvalue weighted by atomic mass is 9.78. The second kappa shape index (κ2) is 6.42. The van der Waals surface area contributed by atoms with Gasteiger partial charge in [0.15, 0.2) is 0 Å². The molecule has 134 valence electrons. The topological polar surface area (TPSA) is 3.24 Å². The smallest absolute Gasteiger partial charge is 0.0606 e. The van der Waals surface area contributed by atoms with Crippen molar-refractivity contribution in [2.24, 2.45) is 0 Å². The van der Waals surface area contributed by atoms with Gasteiger partial charge < -0.3 is 4.90 Å². The Balaban J connectivity index is 1.71. The lowest BCUT2D eigenvalue weighted by Crippen LogP contribution is -2.51. The van der Waals surface area contributed by atoms with Crippen molar-refractivity contribution >= 4 is 11.3 Å². The summed E-state index contributed by atoms with van der Waals surface area (Å²) in [4.78, 5) is 2.67. The minimum Gasteiger partial charge on any atom is -0.362 e. The second-order valence-corrected chi connectivity index (χ2v) is 8.01. The highest BCUT2D eigenvalue weighted by Gasteiger charge is 2.39. The van der Waals surface area contributed by atoms with Crippen molar-refractivity contribution in [3.8, 4) is 0 Å². The lowest BCUT2D eigenvalue weighted by Gasteiger charge is -2.49. The van der Waals surface area contributed by atoms with Crippen LogP contribution in [-0.4, -0.2) is 12.1 Å². The van der Waals surface area contributed by atoms with E-state index in [9.17, 15) is 0 Å². The standard InChI is InChI=1S/C26H25N/c1-26(18-20-10-4-2-5-11-20)19-24(21-12-6-3-7-13-21)23-16-8-14-22-15-9-17-27(26)25(22)23/h2-8,10-14,16,19H,9,15,17-18H2,1H3. The largest absolute Gasteiger partial charge is 0.362 e. The van der Waals surface area contributed by atoms with Crippen molar-refractivity contribution in [1.29, 1.82) is 0 Å². The van der Waals surface area contributed by atoms with Crippen molar-refractivity contribution in [3.05, 3.63) is 107 Å². The molecule has 0 saturated heterocycles. The molecule has 5 rings (SSSR count). The highest BCUT2D eigenvalue weighted by Crippen LogP contribution is 2.46. The van der Waals surface area contributed by atoms with Crippen LogP contribution >= 0.6 is 0 Å². The number of hydrogen-bond acceptors (Lipinski definition) is 1.